The molecule has 0 radical (unpaired) electrons. The molecule has 0 bridgehead atoms. The van der Waals surface area contributed by atoms with Crippen LogP contribution in [-0.2, 0) is 0 Å². The maximum absolute atomic E-state index is 3.32. The van der Waals surface area contributed by atoms with Gasteiger partial charge in [-0.05, 0) is 24.3 Å². The molecule has 0 atom stereocenters. The zero-order valence-corrected chi connectivity index (χ0v) is 8.65. The van der Waals surface area contributed by atoms with Gasteiger partial charge in [0, 0.05) is 8.95 Å². The van der Waals surface area contributed by atoms with Gasteiger partial charge in [-0.3, -0.25) is 0 Å². The van der Waals surface area contributed by atoms with Crippen LogP contribution in [0.15, 0.2) is 46.4 Å². The maximum atomic E-state index is 3.32. The van der Waals surface area contributed by atoms with Crippen molar-refractivity contribution in [1.29, 1.82) is 0 Å². The first-order chi connectivity index (χ1) is 4.79. The van der Waals surface area contributed by atoms with E-state index in [-0.39, 0.29) is 0 Å². The fourth-order valence-corrected chi connectivity index (χ4v) is 0.958. The molecule has 0 spiro atoms. The van der Waals surface area contributed by atoms with Crippen molar-refractivity contribution >= 4 is 31.9 Å². The second kappa shape index (κ2) is 5.69. The highest BCUT2D eigenvalue weighted by Crippen LogP contribution is 2.13. The minimum Gasteiger partial charge on any atom is -0.106 e. The van der Waals surface area contributed by atoms with Crippen molar-refractivity contribution in [3.05, 3.63) is 46.4 Å². The standard InChI is InChI=1S/C6H4Br2.C2H4/c7-5-1-2-6(8)4-3-5;1-2/h1-4H;1-2H2. The lowest BCUT2D eigenvalue weighted by Gasteiger charge is -1.86. The Bertz CT molecular complexity index is 158. The summed E-state index contributed by atoms with van der Waals surface area (Å²) in [5.74, 6) is 0. The summed E-state index contributed by atoms with van der Waals surface area (Å²) >= 11 is 6.65. The highest BCUT2D eigenvalue weighted by Gasteiger charge is 1.83. The Morgan fingerprint density at radius 2 is 1.00 bits per heavy atom. The Balaban J connectivity index is 0.000000371. The van der Waals surface area contributed by atoms with Gasteiger partial charge in [0.05, 0.1) is 0 Å². The third-order valence-corrected chi connectivity index (χ3v) is 1.86. The summed E-state index contributed by atoms with van der Waals surface area (Å²) in [5, 5.41) is 0. The first kappa shape index (κ1) is 9.92. The van der Waals surface area contributed by atoms with E-state index in [0.717, 1.165) is 8.95 Å². The van der Waals surface area contributed by atoms with Gasteiger partial charge < -0.3 is 0 Å². The molecular weight excluding hydrogens is 256 g/mol. The van der Waals surface area contributed by atoms with Gasteiger partial charge in [0.2, 0.25) is 0 Å². The highest BCUT2D eigenvalue weighted by molar-refractivity contribution is 9.11. The zero-order valence-electron chi connectivity index (χ0n) is 5.48. The Labute approximate surface area is 78.2 Å². The fraction of sp³-hybridized carbons (Fsp3) is 0. The van der Waals surface area contributed by atoms with Crippen molar-refractivity contribution in [3.63, 3.8) is 0 Å². The van der Waals surface area contributed by atoms with Gasteiger partial charge in [0.25, 0.3) is 0 Å². The van der Waals surface area contributed by atoms with Gasteiger partial charge in [-0.1, -0.05) is 31.9 Å². The lowest BCUT2D eigenvalue weighted by molar-refractivity contribution is 1.61. The molecule has 0 N–H and O–H groups in total. The number of hydrogen-bond acceptors (Lipinski definition) is 0. The fourth-order valence-electron chi connectivity index (χ4n) is 0.430. The van der Waals surface area contributed by atoms with Crippen molar-refractivity contribution in [2.24, 2.45) is 0 Å². The van der Waals surface area contributed by atoms with E-state index < -0.39 is 0 Å². The molecule has 0 saturated carbocycles. The number of hydrogen-bond donors (Lipinski definition) is 0. The second-order valence-corrected chi connectivity index (χ2v) is 3.27. The number of rotatable bonds is 0. The zero-order chi connectivity index (χ0) is 7.98. The lowest BCUT2D eigenvalue weighted by atomic mass is 10.4. The van der Waals surface area contributed by atoms with Crippen LogP contribution in [0.4, 0.5) is 0 Å². The van der Waals surface area contributed by atoms with Crippen LogP contribution < -0.4 is 0 Å². The molecule has 0 aromatic heterocycles. The van der Waals surface area contributed by atoms with E-state index in [0.29, 0.717) is 0 Å². The van der Waals surface area contributed by atoms with E-state index in [9.17, 15) is 0 Å². The largest absolute Gasteiger partial charge is 0.106 e. The highest BCUT2D eigenvalue weighted by atomic mass is 79.9. The lowest BCUT2D eigenvalue weighted by Crippen LogP contribution is -1.61. The minimum absolute atomic E-state index is 1.11. The molecule has 54 valence electrons. The van der Waals surface area contributed by atoms with Crippen LogP contribution in [0.1, 0.15) is 0 Å². The molecule has 1 aromatic rings. The average Bonchev–Trinajstić information content (AvgIpc) is 2.00. The van der Waals surface area contributed by atoms with Gasteiger partial charge in [-0.25, -0.2) is 0 Å². The Morgan fingerprint density at radius 1 is 0.800 bits per heavy atom. The van der Waals surface area contributed by atoms with Crippen LogP contribution >= 0.6 is 31.9 Å². The summed E-state index contributed by atoms with van der Waals surface area (Å²) in [6, 6.07) is 7.96. The van der Waals surface area contributed by atoms with Crippen molar-refractivity contribution in [2.45, 2.75) is 0 Å². The molecule has 1 rings (SSSR count). The quantitative estimate of drug-likeness (QED) is 0.621. The SMILES string of the molecule is Brc1ccc(Br)cc1.C=C. The predicted molar refractivity (Wildman–Crippen MR) is 53.1 cm³/mol. The smallest absolute Gasteiger partial charge is 0.0176 e. The van der Waals surface area contributed by atoms with Crippen LogP contribution in [0.25, 0.3) is 0 Å². The molecule has 0 saturated heterocycles. The summed E-state index contributed by atoms with van der Waals surface area (Å²) in [6.45, 7) is 6.00. The summed E-state index contributed by atoms with van der Waals surface area (Å²) in [6.07, 6.45) is 0. The number of halogens is 2. The monoisotopic (exact) mass is 262 g/mol. The van der Waals surface area contributed by atoms with Gasteiger partial charge >= 0.3 is 0 Å². The third kappa shape index (κ3) is 3.85. The molecule has 0 aliphatic carbocycles. The van der Waals surface area contributed by atoms with Crippen molar-refractivity contribution < 1.29 is 0 Å². The summed E-state index contributed by atoms with van der Waals surface area (Å²) in [4.78, 5) is 0. The Hall–Kier alpha value is -0.0800. The average molecular weight is 264 g/mol. The van der Waals surface area contributed by atoms with Gasteiger partial charge in [-0.15, -0.1) is 13.2 Å². The van der Waals surface area contributed by atoms with E-state index in [1.54, 1.807) is 0 Å². The molecule has 0 aliphatic heterocycles. The Kier molecular flexibility index (Phi) is 5.64. The molecule has 10 heavy (non-hydrogen) atoms. The van der Waals surface area contributed by atoms with Crippen LogP contribution in [0.2, 0.25) is 0 Å². The van der Waals surface area contributed by atoms with Crippen LogP contribution in [0.3, 0.4) is 0 Å². The van der Waals surface area contributed by atoms with Crippen molar-refractivity contribution in [2.75, 3.05) is 0 Å². The van der Waals surface area contributed by atoms with Gasteiger partial charge in [0.1, 0.15) is 0 Å². The second-order valence-electron chi connectivity index (χ2n) is 1.44. The molecule has 1 aromatic carbocycles. The number of benzene rings is 1. The first-order valence-corrected chi connectivity index (χ1v) is 4.29. The van der Waals surface area contributed by atoms with E-state index in [1.807, 2.05) is 24.3 Å². The van der Waals surface area contributed by atoms with Crippen molar-refractivity contribution in [1.82, 2.24) is 0 Å². The molecule has 0 fully saturated rings. The maximum Gasteiger partial charge on any atom is 0.0176 e. The molecule has 0 aliphatic rings. The molecule has 0 amide bonds. The third-order valence-electron chi connectivity index (χ3n) is 0.804. The van der Waals surface area contributed by atoms with Gasteiger partial charge in [0.15, 0.2) is 0 Å². The van der Waals surface area contributed by atoms with Crippen LogP contribution in [0, 0.1) is 0 Å². The first-order valence-electron chi connectivity index (χ1n) is 2.70. The summed E-state index contributed by atoms with van der Waals surface area (Å²) in [5.41, 5.74) is 0. The van der Waals surface area contributed by atoms with Crippen LogP contribution in [-0.4, -0.2) is 0 Å². The Morgan fingerprint density at radius 3 is 1.20 bits per heavy atom. The van der Waals surface area contributed by atoms with E-state index in [4.69, 9.17) is 0 Å². The van der Waals surface area contributed by atoms with E-state index in [2.05, 4.69) is 45.0 Å². The summed E-state index contributed by atoms with van der Waals surface area (Å²) in [7, 11) is 0. The predicted octanol–water partition coefficient (Wildman–Crippen LogP) is 4.01. The van der Waals surface area contributed by atoms with E-state index >= 15 is 0 Å². The molecule has 0 heterocycles. The molecule has 0 unspecified atom stereocenters. The molecule has 0 nitrogen and oxygen atoms in total. The molecular formula is C8H8Br2. The van der Waals surface area contributed by atoms with Gasteiger partial charge in [-0.2, -0.15) is 0 Å². The topological polar surface area (TPSA) is 0 Å². The summed E-state index contributed by atoms with van der Waals surface area (Å²) < 4.78 is 2.22. The van der Waals surface area contributed by atoms with Crippen LogP contribution in [0.5, 0.6) is 0 Å². The normalized spacial score (nSPS) is 7.80. The minimum atomic E-state index is 1.11. The van der Waals surface area contributed by atoms with E-state index in [1.165, 1.54) is 0 Å². The molecule has 2 heteroatoms. The van der Waals surface area contributed by atoms with Crippen molar-refractivity contribution in [3.8, 4) is 0 Å².